The van der Waals surface area contributed by atoms with E-state index in [1.54, 1.807) is 0 Å². The lowest BCUT2D eigenvalue weighted by Crippen LogP contribution is -2.53. The molecule has 6 heteroatoms. The molecule has 4 N–H and O–H groups in total. The van der Waals surface area contributed by atoms with Crippen molar-refractivity contribution >= 4 is 12.1 Å². The van der Waals surface area contributed by atoms with Crippen molar-refractivity contribution in [2.45, 2.75) is 56.6 Å². The van der Waals surface area contributed by atoms with Crippen molar-refractivity contribution in [3.8, 4) is 0 Å². The SMILES string of the molecule is NC(CCNC(=O)OC12CC3CC(CC(C3)C1)C2)C(=O)O. The highest BCUT2D eigenvalue weighted by atomic mass is 16.6. The first-order valence-electron chi connectivity index (χ1n) is 7.91. The second-order valence-electron chi connectivity index (χ2n) is 7.15. The lowest BCUT2D eigenvalue weighted by molar-refractivity contribution is -0.138. The molecule has 4 aliphatic carbocycles. The standard InChI is InChI=1S/C15H24N2O4/c16-12(13(18)19)1-2-17-14(20)21-15-6-9-3-10(7-15)5-11(4-9)8-15/h9-12H,1-8,16H2,(H,17,20)(H,18,19). The van der Waals surface area contributed by atoms with Crippen molar-refractivity contribution in [1.29, 1.82) is 0 Å². The number of hydrogen-bond donors (Lipinski definition) is 3. The van der Waals surface area contributed by atoms with Crippen LogP contribution < -0.4 is 11.1 Å². The number of amides is 1. The van der Waals surface area contributed by atoms with Crippen molar-refractivity contribution in [3.05, 3.63) is 0 Å². The molecule has 0 aromatic heterocycles. The molecule has 0 aromatic rings. The predicted molar refractivity (Wildman–Crippen MR) is 75.6 cm³/mol. The summed E-state index contributed by atoms with van der Waals surface area (Å²) in [5, 5.41) is 11.3. The van der Waals surface area contributed by atoms with Gasteiger partial charge < -0.3 is 20.9 Å². The lowest BCUT2D eigenvalue weighted by atomic mass is 9.54. The summed E-state index contributed by atoms with van der Waals surface area (Å²) in [6.45, 7) is 0.235. The number of carbonyl (C=O) groups excluding carboxylic acids is 1. The quantitative estimate of drug-likeness (QED) is 0.713. The van der Waals surface area contributed by atoms with Gasteiger partial charge in [-0.1, -0.05) is 0 Å². The van der Waals surface area contributed by atoms with Crippen LogP contribution in [0.1, 0.15) is 44.9 Å². The fourth-order valence-corrected chi connectivity index (χ4v) is 4.84. The maximum Gasteiger partial charge on any atom is 0.407 e. The first kappa shape index (κ1) is 14.6. The smallest absolute Gasteiger partial charge is 0.407 e. The van der Waals surface area contributed by atoms with Gasteiger partial charge in [0.15, 0.2) is 0 Å². The van der Waals surface area contributed by atoms with Crippen molar-refractivity contribution in [2.24, 2.45) is 23.5 Å². The molecule has 0 heterocycles. The molecule has 4 saturated carbocycles. The molecular weight excluding hydrogens is 272 g/mol. The molecule has 6 nitrogen and oxygen atoms in total. The van der Waals surface area contributed by atoms with Crippen molar-refractivity contribution < 1.29 is 19.4 Å². The van der Waals surface area contributed by atoms with E-state index in [-0.39, 0.29) is 18.6 Å². The molecule has 4 aliphatic rings. The third-order valence-corrected chi connectivity index (χ3v) is 5.33. The van der Waals surface area contributed by atoms with Crippen LogP contribution >= 0.6 is 0 Å². The number of nitrogens with two attached hydrogens (primary N) is 1. The van der Waals surface area contributed by atoms with Crippen LogP contribution in [0.3, 0.4) is 0 Å². The Bertz CT molecular complexity index is 402. The molecule has 0 saturated heterocycles. The van der Waals surface area contributed by atoms with Gasteiger partial charge in [-0.3, -0.25) is 4.79 Å². The van der Waals surface area contributed by atoms with Crippen LogP contribution in [-0.2, 0) is 9.53 Å². The number of carboxylic acids is 1. The minimum absolute atomic E-state index is 0.214. The number of hydrogen-bond acceptors (Lipinski definition) is 4. The van der Waals surface area contributed by atoms with E-state index in [1.807, 2.05) is 0 Å². The van der Waals surface area contributed by atoms with E-state index in [2.05, 4.69) is 5.32 Å². The summed E-state index contributed by atoms with van der Waals surface area (Å²) in [7, 11) is 0. The van der Waals surface area contributed by atoms with Crippen LogP contribution in [0.5, 0.6) is 0 Å². The van der Waals surface area contributed by atoms with Gasteiger partial charge in [-0.25, -0.2) is 4.79 Å². The molecule has 4 fully saturated rings. The zero-order chi connectivity index (χ0) is 15.0. The van der Waals surface area contributed by atoms with Gasteiger partial charge in [0.2, 0.25) is 0 Å². The maximum atomic E-state index is 12.0. The molecule has 21 heavy (non-hydrogen) atoms. The Morgan fingerprint density at radius 2 is 1.71 bits per heavy atom. The molecule has 1 atom stereocenters. The Kier molecular flexibility index (Phi) is 3.82. The molecule has 1 amide bonds. The zero-order valence-corrected chi connectivity index (χ0v) is 12.2. The maximum absolute atomic E-state index is 12.0. The van der Waals surface area contributed by atoms with Gasteiger partial charge in [0.25, 0.3) is 0 Å². The summed E-state index contributed by atoms with van der Waals surface area (Å²) in [6.07, 6.45) is 6.70. The number of carbonyl (C=O) groups is 2. The van der Waals surface area contributed by atoms with Gasteiger partial charge in [-0.2, -0.15) is 0 Å². The fourth-order valence-electron chi connectivity index (χ4n) is 4.84. The van der Waals surface area contributed by atoms with E-state index in [1.165, 1.54) is 19.3 Å². The summed E-state index contributed by atoms with van der Waals surface area (Å²) >= 11 is 0. The molecule has 1 unspecified atom stereocenters. The number of carboxylic acid groups (broad SMARTS) is 1. The molecular formula is C15H24N2O4. The summed E-state index contributed by atoms with van der Waals surface area (Å²) < 4.78 is 5.75. The number of alkyl carbamates (subject to hydrolysis) is 1. The molecule has 0 aliphatic heterocycles. The van der Waals surface area contributed by atoms with Crippen LogP contribution in [0.2, 0.25) is 0 Å². The number of rotatable bonds is 5. The van der Waals surface area contributed by atoms with Gasteiger partial charge in [0, 0.05) is 6.54 Å². The number of aliphatic carboxylic acids is 1. The topological polar surface area (TPSA) is 102 Å². The Balaban J connectivity index is 1.48. The number of ether oxygens (including phenoxy) is 1. The first-order chi connectivity index (χ1) is 9.96. The lowest BCUT2D eigenvalue weighted by Gasteiger charge is -2.55. The number of nitrogens with one attached hydrogen (secondary N) is 1. The highest BCUT2D eigenvalue weighted by Crippen LogP contribution is 2.57. The summed E-state index contributed by atoms with van der Waals surface area (Å²) in [5.74, 6) is 1.13. The summed E-state index contributed by atoms with van der Waals surface area (Å²) in [5.41, 5.74) is 5.14. The Hall–Kier alpha value is -1.30. The third kappa shape index (κ3) is 3.15. The largest absolute Gasteiger partial charge is 0.480 e. The molecule has 0 radical (unpaired) electrons. The van der Waals surface area contributed by atoms with Crippen molar-refractivity contribution in [2.75, 3.05) is 6.54 Å². The summed E-state index contributed by atoms with van der Waals surface area (Å²) in [6, 6.07) is -0.940. The van der Waals surface area contributed by atoms with Crippen molar-refractivity contribution in [3.63, 3.8) is 0 Å². The monoisotopic (exact) mass is 296 g/mol. The summed E-state index contributed by atoms with van der Waals surface area (Å²) in [4.78, 5) is 22.6. The van der Waals surface area contributed by atoms with Crippen LogP contribution in [0.15, 0.2) is 0 Å². The minimum Gasteiger partial charge on any atom is -0.480 e. The van der Waals surface area contributed by atoms with Gasteiger partial charge in [0.1, 0.15) is 11.6 Å². The molecule has 0 spiro atoms. The van der Waals surface area contributed by atoms with Crippen LogP contribution in [-0.4, -0.2) is 35.4 Å². The molecule has 4 rings (SSSR count). The molecule has 118 valence electrons. The van der Waals surface area contributed by atoms with Crippen molar-refractivity contribution in [1.82, 2.24) is 5.32 Å². The fraction of sp³-hybridized carbons (Fsp3) is 0.867. The van der Waals surface area contributed by atoms with E-state index in [0.717, 1.165) is 37.0 Å². The van der Waals surface area contributed by atoms with E-state index >= 15 is 0 Å². The van der Waals surface area contributed by atoms with E-state index in [4.69, 9.17) is 15.6 Å². The van der Waals surface area contributed by atoms with Gasteiger partial charge in [0.05, 0.1) is 0 Å². The van der Waals surface area contributed by atoms with Crippen LogP contribution in [0.25, 0.3) is 0 Å². The second-order valence-corrected chi connectivity index (χ2v) is 7.15. The van der Waals surface area contributed by atoms with Gasteiger partial charge in [-0.05, 0) is 62.7 Å². The normalized spacial score (nSPS) is 38.0. The Morgan fingerprint density at radius 3 is 2.19 bits per heavy atom. The Labute approximate surface area is 124 Å². The second kappa shape index (κ2) is 5.48. The average Bonchev–Trinajstić information content (AvgIpc) is 2.35. The van der Waals surface area contributed by atoms with Crippen LogP contribution in [0.4, 0.5) is 4.79 Å². The minimum atomic E-state index is -1.05. The van der Waals surface area contributed by atoms with E-state index in [9.17, 15) is 9.59 Å². The predicted octanol–water partition coefficient (Wildman–Crippen LogP) is 1.48. The average molecular weight is 296 g/mol. The highest BCUT2D eigenvalue weighted by molar-refractivity contribution is 5.73. The molecule has 0 aromatic carbocycles. The van der Waals surface area contributed by atoms with Gasteiger partial charge >= 0.3 is 12.1 Å². The van der Waals surface area contributed by atoms with Gasteiger partial charge in [-0.15, -0.1) is 0 Å². The highest BCUT2D eigenvalue weighted by Gasteiger charge is 2.53. The first-order valence-corrected chi connectivity index (χ1v) is 7.91. The molecule has 4 bridgehead atoms. The van der Waals surface area contributed by atoms with E-state index in [0.29, 0.717) is 0 Å². The Morgan fingerprint density at radius 1 is 1.19 bits per heavy atom. The zero-order valence-electron chi connectivity index (χ0n) is 12.2. The van der Waals surface area contributed by atoms with E-state index < -0.39 is 18.1 Å². The third-order valence-electron chi connectivity index (χ3n) is 5.33. The van der Waals surface area contributed by atoms with Crippen LogP contribution in [0, 0.1) is 17.8 Å².